The van der Waals surface area contributed by atoms with Gasteiger partial charge in [0, 0.05) is 13.2 Å². The Morgan fingerprint density at radius 2 is 1.06 bits per heavy atom. The molecule has 1 radical (unpaired) electrons. The summed E-state index contributed by atoms with van der Waals surface area (Å²) in [7, 11) is 0. The van der Waals surface area contributed by atoms with Crippen LogP contribution in [0, 0.1) is 0 Å². The summed E-state index contributed by atoms with van der Waals surface area (Å²) in [6, 6.07) is 0. The molecule has 0 saturated carbocycles. The highest BCUT2D eigenvalue weighted by Gasteiger charge is 1.90. The highest BCUT2D eigenvalue weighted by atomic mass is 27.1. The van der Waals surface area contributed by atoms with E-state index in [4.69, 9.17) is 4.74 Å². The quantitative estimate of drug-likeness (QED) is 0.389. The Labute approximate surface area is 110 Å². The maximum Gasteiger partial charge on any atom is 0.191 e. The minimum Gasteiger partial charge on any atom is -0.381 e. The van der Waals surface area contributed by atoms with E-state index in [0.717, 1.165) is 28.4 Å². The van der Waals surface area contributed by atoms with Crippen LogP contribution in [0.3, 0.4) is 0 Å². The molecule has 0 aliphatic heterocycles. The van der Waals surface area contributed by atoms with Crippen LogP contribution in [-0.4, -0.2) is 28.4 Å². The van der Waals surface area contributed by atoms with E-state index in [-0.39, 0.29) is 0 Å². The SMILES string of the molecule is CCCCCCOCCCCCC.[CH3][Al][CH3]. The third kappa shape index (κ3) is 24.0. The molecule has 0 unspecified atom stereocenters. The first-order valence-electron chi connectivity index (χ1n) is 7.15. The molecule has 16 heavy (non-hydrogen) atoms. The molecule has 0 saturated heterocycles. The number of rotatable bonds is 10. The Balaban J connectivity index is 0. The lowest BCUT2D eigenvalue weighted by Gasteiger charge is -2.03. The van der Waals surface area contributed by atoms with Crippen LogP contribution in [0.2, 0.25) is 11.6 Å². The normalized spacial score (nSPS) is 9.50. The maximum absolute atomic E-state index is 5.53. The first kappa shape index (κ1) is 18.8. The van der Waals surface area contributed by atoms with Crippen molar-refractivity contribution in [2.45, 2.75) is 76.8 Å². The molecule has 0 aliphatic carbocycles. The van der Waals surface area contributed by atoms with Gasteiger partial charge < -0.3 is 4.74 Å². The van der Waals surface area contributed by atoms with Gasteiger partial charge in [0.25, 0.3) is 0 Å². The fourth-order valence-corrected chi connectivity index (χ4v) is 1.36. The van der Waals surface area contributed by atoms with Crippen molar-refractivity contribution in [3.8, 4) is 0 Å². The van der Waals surface area contributed by atoms with Gasteiger partial charge in [0.05, 0.1) is 0 Å². The molecular weight excluding hydrogens is 211 g/mol. The van der Waals surface area contributed by atoms with Crippen LogP contribution >= 0.6 is 0 Å². The standard InChI is InChI=1S/C12H26O.2CH3.Al/c1-3-5-7-9-11-13-12-10-8-6-4-2;;;/h3-12H2,1-2H3;2*1H3;. The lowest BCUT2D eigenvalue weighted by atomic mass is 10.2. The van der Waals surface area contributed by atoms with E-state index in [0.29, 0.717) is 0 Å². The number of hydrogen-bond donors (Lipinski definition) is 0. The summed E-state index contributed by atoms with van der Waals surface area (Å²) >= 11 is 0.750. The zero-order valence-corrected chi connectivity index (χ0v) is 13.2. The molecular formula is C14H32AlO. The molecule has 2 heteroatoms. The van der Waals surface area contributed by atoms with Gasteiger partial charge in [-0.2, -0.15) is 0 Å². The van der Waals surface area contributed by atoms with Gasteiger partial charge in [0.2, 0.25) is 0 Å². The fraction of sp³-hybridized carbons (Fsp3) is 1.00. The highest BCUT2D eigenvalue weighted by Crippen LogP contribution is 2.01. The Kier molecular flexibility index (Phi) is 24.6. The summed E-state index contributed by atoms with van der Waals surface area (Å²) in [5, 5.41) is 0. The molecule has 0 aromatic carbocycles. The summed E-state index contributed by atoms with van der Waals surface area (Å²) in [6.07, 6.45) is 10.5. The van der Waals surface area contributed by atoms with Crippen LogP contribution < -0.4 is 0 Å². The largest absolute Gasteiger partial charge is 0.381 e. The van der Waals surface area contributed by atoms with Crippen LogP contribution in [0.4, 0.5) is 0 Å². The Morgan fingerprint density at radius 1 is 0.688 bits per heavy atom. The Morgan fingerprint density at radius 3 is 1.38 bits per heavy atom. The van der Waals surface area contributed by atoms with Crippen molar-refractivity contribution in [1.29, 1.82) is 0 Å². The molecule has 0 atom stereocenters. The second kappa shape index (κ2) is 20.9. The first-order valence-corrected chi connectivity index (χ1v) is 9.46. The summed E-state index contributed by atoms with van der Waals surface area (Å²) in [6.45, 7) is 6.44. The van der Waals surface area contributed by atoms with Crippen molar-refractivity contribution < 1.29 is 4.74 Å². The van der Waals surface area contributed by atoms with Gasteiger partial charge in [-0.15, -0.1) is 11.6 Å². The minimum absolute atomic E-state index is 0.750. The number of ether oxygens (including phenoxy) is 1. The monoisotopic (exact) mass is 243 g/mol. The van der Waals surface area contributed by atoms with Gasteiger partial charge in [-0.05, 0) is 12.8 Å². The van der Waals surface area contributed by atoms with Crippen LogP contribution in [0.25, 0.3) is 0 Å². The lowest BCUT2D eigenvalue weighted by molar-refractivity contribution is 0.126. The molecule has 0 aromatic rings. The summed E-state index contributed by atoms with van der Waals surface area (Å²) in [5.74, 6) is 4.42. The molecule has 0 amide bonds. The van der Waals surface area contributed by atoms with Crippen LogP contribution in [0.1, 0.15) is 65.2 Å². The van der Waals surface area contributed by atoms with E-state index in [1.807, 2.05) is 0 Å². The van der Waals surface area contributed by atoms with Gasteiger partial charge in [-0.3, -0.25) is 0 Å². The summed E-state index contributed by atoms with van der Waals surface area (Å²) in [5.41, 5.74) is 0. The van der Waals surface area contributed by atoms with E-state index >= 15 is 0 Å². The molecule has 0 spiro atoms. The first-order chi connectivity index (χ1) is 7.83. The average molecular weight is 243 g/mol. The second-order valence-electron chi connectivity index (χ2n) is 4.31. The van der Waals surface area contributed by atoms with Gasteiger partial charge in [-0.1, -0.05) is 52.4 Å². The Bertz CT molecular complexity index is 86.7. The highest BCUT2D eigenvalue weighted by molar-refractivity contribution is 6.31. The fourth-order valence-electron chi connectivity index (χ4n) is 1.36. The average Bonchev–Trinajstić information content (AvgIpc) is 2.28. The van der Waals surface area contributed by atoms with E-state index in [2.05, 4.69) is 25.4 Å². The molecule has 0 heterocycles. The third-order valence-electron chi connectivity index (χ3n) is 2.28. The molecule has 0 aliphatic rings. The molecule has 0 N–H and O–H groups in total. The maximum atomic E-state index is 5.53. The summed E-state index contributed by atoms with van der Waals surface area (Å²) in [4.78, 5) is 0. The van der Waals surface area contributed by atoms with E-state index < -0.39 is 0 Å². The topological polar surface area (TPSA) is 9.23 Å². The van der Waals surface area contributed by atoms with Crippen molar-refractivity contribution in [2.75, 3.05) is 13.2 Å². The van der Waals surface area contributed by atoms with Crippen molar-refractivity contribution in [1.82, 2.24) is 0 Å². The lowest BCUT2D eigenvalue weighted by Crippen LogP contribution is -1.96. The van der Waals surface area contributed by atoms with Crippen molar-refractivity contribution >= 4 is 15.2 Å². The van der Waals surface area contributed by atoms with Gasteiger partial charge >= 0.3 is 0 Å². The zero-order chi connectivity index (χ0) is 12.5. The number of unbranched alkanes of at least 4 members (excludes halogenated alkanes) is 6. The minimum atomic E-state index is 0.750. The van der Waals surface area contributed by atoms with E-state index in [9.17, 15) is 0 Å². The molecule has 0 bridgehead atoms. The predicted molar refractivity (Wildman–Crippen MR) is 76.6 cm³/mol. The molecule has 1 nitrogen and oxygen atoms in total. The Hall–Kier alpha value is 0.492. The van der Waals surface area contributed by atoms with Crippen molar-refractivity contribution in [3.05, 3.63) is 0 Å². The molecule has 97 valence electrons. The number of hydrogen-bond acceptors (Lipinski definition) is 1. The van der Waals surface area contributed by atoms with Gasteiger partial charge in [0.15, 0.2) is 15.2 Å². The second-order valence-corrected chi connectivity index (χ2v) is 5.47. The van der Waals surface area contributed by atoms with Crippen molar-refractivity contribution in [3.63, 3.8) is 0 Å². The van der Waals surface area contributed by atoms with Gasteiger partial charge in [-0.25, -0.2) is 0 Å². The smallest absolute Gasteiger partial charge is 0.191 e. The predicted octanol–water partition coefficient (Wildman–Crippen LogP) is 4.95. The molecule has 0 aromatic heterocycles. The van der Waals surface area contributed by atoms with E-state index in [1.54, 1.807) is 0 Å². The molecule has 0 rings (SSSR count). The van der Waals surface area contributed by atoms with Crippen LogP contribution in [-0.2, 0) is 4.74 Å². The summed E-state index contributed by atoms with van der Waals surface area (Å²) < 4.78 is 5.53. The molecule has 0 fully saturated rings. The third-order valence-corrected chi connectivity index (χ3v) is 2.28. The van der Waals surface area contributed by atoms with Crippen LogP contribution in [0.5, 0.6) is 0 Å². The van der Waals surface area contributed by atoms with Crippen LogP contribution in [0.15, 0.2) is 0 Å². The van der Waals surface area contributed by atoms with E-state index in [1.165, 1.54) is 51.4 Å². The zero-order valence-electron chi connectivity index (χ0n) is 12.1. The van der Waals surface area contributed by atoms with Gasteiger partial charge in [0.1, 0.15) is 0 Å². The van der Waals surface area contributed by atoms with Crippen molar-refractivity contribution in [2.24, 2.45) is 0 Å².